The van der Waals surface area contributed by atoms with Crippen molar-refractivity contribution in [2.24, 2.45) is 0 Å². The van der Waals surface area contributed by atoms with E-state index < -0.39 is 0 Å². The van der Waals surface area contributed by atoms with Gasteiger partial charge in [0.1, 0.15) is 0 Å². The summed E-state index contributed by atoms with van der Waals surface area (Å²) in [6.45, 7) is 8.25. The van der Waals surface area contributed by atoms with Gasteiger partial charge >= 0.3 is 0 Å². The number of hydrogen-bond acceptors (Lipinski definition) is 4. The van der Waals surface area contributed by atoms with E-state index in [1.54, 1.807) is 12.2 Å². The summed E-state index contributed by atoms with van der Waals surface area (Å²) in [4.78, 5) is 30.1. The van der Waals surface area contributed by atoms with Crippen LogP contribution >= 0.6 is 0 Å². The van der Waals surface area contributed by atoms with Gasteiger partial charge in [-0.1, -0.05) is 24.3 Å². The minimum atomic E-state index is 0.000192. The van der Waals surface area contributed by atoms with Gasteiger partial charge < -0.3 is 9.80 Å². The number of anilines is 2. The fourth-order valence-corrected chi connectivity index (χ4v) is 4.09. The van der Waals surface area contributed by atoms with Crippen LogP contribution in [0.1, 0.15) is 48.4 Å². The molecule has 2 aliphatic heterocycles. The molecule has 0 N–H and O–H groups in total. The average Bonchev–Trinajstić information content (AvgIpc) is 3.12. The molecule has 0 bridgehead atoms. The van der Waals surface area contributed by atoms with E-state index in [0.717, 1.165) is 11.4 Å². The van der Waals surface area contributed by atoms with Crippen LogP contribution in [0.2, 0.25) is 0 Å². The zero-order valence-electron chi connectivity index (χ0n) is 16.6. The first kappa shape index (κ1) is 18.2. The van der Waals surface area contributed by atoms with Gasteiger partial charge in [0.15, 0.2) is 0 Å². The van der Waals surface area contributed by atoms with Crippen molar-refractivity contribution in [3.05, 3.63) is 83.2 Å². The summed E-state index contributed by atoms with van der Waals surface area (Å²) in [6, 6.07) is 15.6. The third-order valence-corrected chi connectivity index (χ3v) is 5.23. The quantitative estimate of drug-likeness (QED) is 0.713. The maximum absolute atomic E-state index is 13.0. The Labute approximate surface area is 165 Å². The molecule has 4 heteroatoms. The molecule has 0 fully saturated rings. The van der Waals surface area contributed by atoms with E-state index in [9.17, 15) is 9.59 Å². The maximum Gasteiger partial charge on any atom is 0.211 e. The Morgan fingerprint density at radius 3 is 1.36 bits per heavy atom. The molecule has 2 aliphatic rings. The van der Waals surface area contributed by atoms with Gasteiger partial charge in [0, 0.05) is 23.2 Å². The molecule has 0 spiro atoms. The number of ketones is 2. The lowest BCUT2D eigenvalue weighted by atomic mass is 10.1. The molecular weight excluding hydrogens is 348 g/mol. The molecule has 0 radical (unpaired) electrons. The average molecular weight is 372 g/mol. The lowest BCUT2D eigenvalue weighted by molar-refractivity contribution is 0.102. The molecule has 0 saturated carbocycles. The smallest absolute Gasteiger partial charge is 0.211 e. The van der Waals surface area contributed by atoms with E-state index in [1.807, 2.05) is 58.3 Å². The second kappa shape index (κ2) is 6.79. The number of fused-ring (bicyclic) bond motifs is 2. The third kappa shape index (κ3) is 2.68. The molecule has 4 nitrogen and oxygen atoms in total. The van der Waals surface area contributed by atoms with Crippen LogP contribution in [0.3, 0.4) is 0 Å². The summed E-state index contributed by atoms with van der Waals surface area (Å²) in [7, 11) is 0. The number of rotatable bonds is 3. The van der Waals surface area contributed by atoms with Crippen LogP contribution in [0.25, 0.3) is 0 Å². The van der Waals surface area contributed by atoms with Crippen molar-refractivity contribution in [1.29, 1.82) is 0 Å². The molecule has 2 aromatic rings. The summed E-state index contributed by atoms with van der Waals surface area (Å²) in [6.07, 6.45) is 3.60. The Morgan fingerprint density at radius 1 is 0.643 bits per heavy atom. The van der Waals surface area contributed by atoms with E-state index in [1.165, 1.54) is 0 Å². The summed E-state index contributed by atoms with van der Waals surface area (Å²) in [5.41, 5.74) is 4.49. The number of carbonyl (C=O) groups excluding carboxylic acids is 2. The Hall–Kier alpha value is -3.14. The van der Waals surface area contributed by atoms with Gasteiger partial charge in [0.25, 0.3) is 0 Å². The standard InChI is InChI=1S/C24H24N2O2/c1-15(2)25-19-11-7-5-9-17(19)23(27)21(25)13-14-22-24(28)18-10-6-8-12-20(18)26(22)16(3)4/h5-16H,1-4H3/b21-13+,22-14+. The lowest BCUT2D eigenvalue weighted by Gasteiger charge is -2.26. The highest BCUT2D eigenvalue weighted by atomic mass is 16.1. The van der Waals surface area contributed by atoms with Crippen molar-refractivity contribution in [1.82, 2.24) is 0 Å². The largest absolute Gasteiger partial charge is 0.335 e. The molecule has 0 aliphatic carbocycles. The van der Waals surface area contributed by atoms with Crippen molar-refractivity contribution >= 4 is 22.9 Å². The fraction of sp³-hybridized carbons (Fsp3) is 0.250. The van der Waals surface area contributed by atoms with Gasteiger partial charge in [-0.2, -0.15) is 0 Å². The number of hydrogen-bond donors (Lipinski definition) is 0. The highest BCUT2D eigenvalue weighted by Crippen LogP contribution is 2.38. The Bertz CT molecular complexity index is 947. The van der Waals surface area contributed by atoms with E-state index in [0.29, 0.717) is 22.5 Å². The first-order chi connectivity index (χ1) is 13.4. The molecular formula is C24H24N2O2. The minimum absolute atomic E-state index is 0.000192. The highest BCUT2D eigenvalue weighted by molar-refractivity contribution is 6.21. The number of nitrogens with zero attached hydrogens (tertiary/aromatic N) is 2. The normalized spacial score (nSPS) is 18.8. The van der Waals surface area contributed by atoms with Gasteiger partial charge in [-0.3, -0.25) is 9.59 Å². The number of Topliss-reactive ketones (excluding diaryl/α,β-unsaturated/α-hetero) is 2. The van der Waals surface area contributed by atoms with Crippen molar-refractivity contribution in [3.63, 3.8) is 0 Å². The zero-order valence-corrected chi connectivity index (χ0v) is 16.6. The molecule has 28 heavy (non-hydrogen) atoms. The van der Waals surface area contributed by atoms with Gasteiger partial charge in [-0.05, 0) is 64.1 Å². The van der Waals surface area contributed by atoms with Crippen LogP contribution in [-0.2, 0) is 0 Å². The minimum Gasteiger partial charge on any atom is -0.335 e. The van der Waals surface area contributed by atoms with Crippen LogP contribution in [0.15, 0.2) is 72.1 Å². The maximum atomic E-state index is 13.0. The fourth-order valence-electron chi connectivity index (χ4n) is 4.09. The van der Waals surface area contributed by atoms with Gasteiger partial charge in [0.05, 0.1) is 22.8 Å². The molecule has 0 aromatic heterocycles. The van der Waals surface area contributed by atoms with E-state index in [4.69, 9.17) is 0 Å². The van der Waals surface area contributed by atoms with Crippen LogP contribution in [-0.4, -0.2) is 23.7 Å². The Kier molecular flexibility index (Phi) is 4.42. The first-order valence-electron chi connectivity index (χ1n) is 9.69. The first-order valence-corrected chi connectivity index (χ1v) is 9.69. The third-order valence-electron chi connectivity index (χ3n) is 5.23. The van der Waals surface area contributed by atoms with E-state index >= 15 is 0 Å². The van der Waals surface area contributed by atoms with Gasteiger partial charge in [-0.25, -0.2) is 0 Å². The Balaban J connectivity index is 1.80. The van der Waals surface area contributed by atoms with Crippen LogP contribution < -0.4 is 9.80 Å². The summed E-state index contributed by atoms with van der Waals surface area (Å²) in [5, 5.41) is 0. The molecule has 2 aromatic carbocycles. The molecule has 2 heterocycles. The van der Waals surface area contributed by atoms with Crippen molar-refractivity contribution in [2.75, 3.05) is 9.80 Å². The second-order valence-corrected chi connectivity index (χ2v) is 7.72. The number of carbonyl (C=O) groups is 2. The van der Waals surface area contributed by atoms with Gasteiger partial charge in [0.2, 0.25) is 11.6 Å². The van der Waals surface area contributed by atoms with E-state index in [2.05, 4.69) is 27.7 Å². The van der Waals surface area contributed by atoms with E-state index in [-0.39, 0.29) is 23.7 Å². The summed E-state index contributed by atoms with van der Waals surface area (Å²) < 4.78 is 0. The summed E-state index contributed by atoms with van der Waals surface area (Å²) >= 11 is 0. The van der Waals surface area contributed by atoms with Crippen molar-refractivity contribution in [3.8, 4) is 0 Å². The molecule has 0 atom stereocenters. The predicted octanol–water partition coefficient (Wildman–Crippen LogP) is 4.98. The SMILES string of the molecule is CC(C)N1/C(=C/C=C2\C(=O)c3ccccc3N2C(C)C)C(=O)c2ccccc21. The van der Waals surface area contributed by atoms with Crippen LogP contribution in [0.4, 0.5) is 11.4 Å². The van der Waals surface area contributed by atoms with Crippen LogP contribution in [0, 0.1) is 0 Å². The number of benzene rings is 2. The molecule has 0 unspecified atom stereocenters. The zero-order chi connectivity index (χ0) is 20.0. The number of para-hydroxylation sites is 2. The Morgan fingerprint density at radius 2 is 1.00 bits per heavy atom. The monoisotopic (exact) mass is 372 g/mol. The predicted molar refractivity (Wildman–Crippen MR) is 113 cm³/mol. The number of allylic oxidation sites excluding steroid dienone is 4. The van der Waals surface area contributed by atoms with Gasteiger partial charge in [-0.15, -0.1) is 0 Å². The molecule has 0 amide bonds. The summed E-state index contributed by atoms with van der Waals surface area (Å²) in [5.74, 6) is 0.000383. The van der Waals surface area contributed by atoms with Crippen molar-refractivity contribution < 1.29 is 9.59 Å². The van der Waals surface area contributed by atoms with Crippen molar-refractivity contribution in [2.45, 2.75) is 39.8 Å². The topological polar surface area (TPSA) is 40.6 Å². The molecule has 4 rings (SSSR count). The highest BCUT2D eigenvalue weighted by Gasteiger charge is 2.35. The lowest BCUT2D eigenvalue weighted by Crippen LogP contribution is -2.29. The van der Waals surface area contributed by atoms with Crippen LogP contribution in [0.5, 0.6) is 0 Å². The molecule has 0 saturated heterocycles. The molecule has 142 valence electrons. The second-order valence-electron chi connectivity index (χ2n) is 7.72.